The van der Waals surface area contributed by atoms with Gasteiger partial charge in [0.2, 0.25) is 11.8 Å². The van der Waals surface area contributed by atoms with Crippen LogP contribution in [0.3, 0.4) is 0 Å². The van der Waals surface area contributed by atoms with E-state index in [4.69, 9.17) is 4.42 Å². The highest BCUT2D eigenvalue weighted by molar-refractivity contribution is 7.96. The zero-order valence-corrected chi connectivity index (χ0v) is 21.6. The van der Waals surface area contributed by atoms with E-state index >= 15 is 0 Å². The lowest BCUT2D eigenvalue weighted by molar-refractivity contribution is -0.134. The molecular weight excluding hydrogens is 500 g/mol. The van der Waals surface area contributed by atoms with Crippen molar-refractivity contribution >= 4 is 23.8 Å². The van der Waals surface area contributed by atoms with Gasteiger partial charge in [0, 0.05) is 24.8 Å². The van der Waals surface area contributed by atoms with Gasteiger partial charge in [0.15, 0.2) is 0 Å². The topological polar surface area (TPSA) is 92.4 Å². The number of carbonyl (C=O) groups is 2. The molecular formula is C26H27F2N5O3S. The number of carbonyl (C=O) groups excluding carboxylic acids is 2. The molecule has 1 saturated heterocycles. The molecule has 1 aromatic carbocycles. The van der Waals surface area contributed by atoms with Crippen molar-refractivity contribution in [3.05, 3.63) is 64.8 Å². The van der Waals surface area contributed by atoms with E-state index in [9.17, 15) is 18.4 Å². The Morgan fingerprint density at radius 3 is 2.51 bits per heavy atom. The van der Waals surface area contributed by atoms with E-state index in [2.05, 4.69) is 31.8 Å². The smallest absolute Gasteiger partial charge is 0.314 e. The standard InChI is InChI=1S/C26H27F2N5O3S/c1-26(2)20-7-5-16(15-8-10-32(37-3)11-9-15)12-19(20)24(34)33(25(26)35)14-18-6-4-17(13-29-18)22-30-31-23(36-22)21(27)28/h4-7,12-13,15,21H,8-11,14H2,1-3H3. The summed E-state index contributed by atoms with van der Waals surface area (Å²) in [5.41, 5.74) is 2.37. The molecule has 5 rings (SSSR count). The van der Waals surface area contributed by atoms with E-state index in [0.717, 1.165) is 37.1 Å². The molecule has 194 valence electrons. The fraction of sp³-hybridized carbons (Fsp3) is 0.423. The number of amides is 2. The SMILES string of the molecule is CSN1CCC(c2ccc3c(c2)C(=O)N(Cc2ccc(-c4nnc(C(F)F)o4)cn2)C(=O)C3(C)C)CC1. The van der Waals surface area contributed by atoms with Crippen LogP contribution in [-0.4, -0.2) is 55.5 Å². The molecule has 0 bridgehead atoms. The minimum absolute atomic E-state index is 0.0106. The summed E-state index contributed by atoms with van der Waals surface area (Å²) in [5.74, 6) is -1.10. The zero-order valence-electron chi connectivity index (χ0n) is 20.8. The Labute approximate surface area is 217 Å². The number of nitrogens with zero attached hydrogens (tertiary/aromatic N) is 5. The first-order valence-corrected chi connectivity index (χ1v) is 13.2. The third kappa shape index (κ3) is 4.77. The van der Waals surface area contributed by atoms with Gasteiger partial charge in [-0.2, -0.15) is 8.78 Å². The second-order valence-electron chi connectivity index (χ2n) is 9.80. The van der Waals surface area contributed by atoms with Gasteiger partial charge in [0.1, 0.15) is 0 Å². The van der Waals surface area contributed by atoms with Crippen molar-refractivity contribution in [3.8, 4) is 11.5 Å². The summed E-state index contributed by atoms with van der Waals surface area (Å²) >= 11 is 1.76. The molecule has 0 N–H and O–H groups in total. The normalized spacial score (nSPS) is 18.5. The number of rotatable bonds is 6. The Kier molecular flexibility index (Phi) is 6.84. The first-order chi connectivity index (χ1) is 17.7. The van der Waals surface area contributed by atoms with Crippen LogP contribution in [0.25, 0.3) is 11.5 Å². The van der Waals surface area contributed by atoms with Crippen LogP contribution in [0.2, 0.25) is 0 Å². The second-order valence-corrected chi connectivity index (χ2v) is 10.7. The third-order valence-corrected chi connectivity index (χ3v) is 8.06. The molecule has 0 radical (unpaired) electrons. The van der Waals surface area contributed by atoms with Crippen molar-refractivity contribution < 1.29 is 22.8 Å². The van der Waals surface area contributed by atoms with Crippen molar-refractivity contribution in [3.63, 3.8) is 0 Å². The van der Waals surface area contributed by atoms with Crippen molar-refractivity contribution in [2.45, 2.75) is 51.0 Å². The average Bonchev–Trinajstić information content (AvgIpc) is 3.41. The summed E-state index contributed by atoms with van der Waals surface area (Å²) in [6.45, 7) is 5.65. The quantitative estimate of drug-likeness (QED) is 0.327. The van der Waals surface area contributed by atoms with Crippen molar-refractivity contribution in [2.75, 3.05) is 19.3 Å². The summed E-state index contributed by atoms with van der Waals surface area (Å²) in [5, 5.41) is 6.94. The van der Waals surface area contributed by atoms with E-state index in [1.807, 2.05) is 26.0 Å². The number of halogens is 2. The Hall–Kier alpha value is -3.18. The van der Waals surface area contributed by atoms with Crippen LogP contribution < -0.4 is 0 Å². The first kappa shape index (κ1) is 25.5. The maximum atomic E-state index is 13.6. The second kappa shape index (κ2) is 9.94. The maximum absolute atomic E-state index is 13.6. The highest BCUT2D eigenvalue weighted by Gasteiger charge is 2.44. The molecule has 3 aromatic rings. The molecule has 2 aliphatic rings. The molecule has 0 atom stereocenters. The third-order valence-electron chi connectivity index (χ3n) is 7.17. The Morgan fingerprint density at radius 2 is 1.89 bits per heavy atom. The number of hydrogen-bond acceptors (Lipinski definition) is 8. The van der Waals surface area contributed by atoms with Crippen molar-refractivity contribution in [2.24, 2.45) is 0 Å². The molecule has 0 unspecified atom stereocenters. The highest BCUT2D eigenvalue weighted by atomic mass is 32.2. The fourth-order valence-electron chi connectivity index (χ4n) is 4.99. The fourth-order valence-corrected chi connectivity index (χ4v) is 5.57. The van der Waals surface area contributed by atoms with Gasteiger partial charge in [-0.05, 0) is 68.2 Å². The lowest BCUT2D eigenvalue weighted by atomic mass is 9.75. The van der Waals surface area contributed by atoms with Gasteiger partial charge >= 0.3 is 6.43 Å². The number of hydrogen-bond donors (Lipinski definition) is 0. The van der Waals surface area contributed by atoms with Gasteiger partial charge in [0.05, 0.1) is 23.2 Å². The van der Waals surface area contributed by atoms with Gasteiger partial charge in [-0.25, -0.2) is 0 Å². The van der Waals surface area contributed by atoms with Gasteiger partial charge < -0.3 is 4.42 Å². The minimum atomic E-state index is -2.86. The Bertz CT molecular complexity index is 1320. The first-order valence-electron chi connectivity index (χ1n) is 12.1. The van der Waals surface area contributed by atoms with Crippen molar-refractivity contribution in [1.82, 2.24) is 24.4 Å². The monoisotopic (exact) mass is 527 g/mol. The maximum Gasteiger partial charge on any atom is 0.314 e. The van der Waals surface area contributed by atoms with Crippen LogP contribution in [-0.2, 0) is 16.8 Å². The summed E-state index contributed by atoms with van der Waals surface area (Å²) in [4.78, 5) is 32.5. The van der Waals surface area contributed by atoms with Gasteiger partial charge in [-0.15, -0.1) is 10.2 Å². The molecule has 2 aromatic heterocycles. The molecule has 37 heavy (non-hydrogen) atoms. The summed E-state index contributed by atoms with van der Waals surface area (Å²) in [6.07, 6.45) is 2.67. The molecule has 1 fully saturated rings. The van der Waals surface area contributed by atoms with Crippen LogP contribution in [0.5, 0.6) is 0 Å². The number of aromatic nitrogens is 3. The predicted octanol–water partition coefficient (Wildman–Crippen LogP) is 4.99. The van der Waals surface area contributed by atoms with Crippen LogP contribution >= 0.6 is 11.9 Å². The lowest BCUT2D eigenvalue weighted by Crippen LogP contribution is -2.51. The number of benzene rings is 1. The number of imide groups is 1. The van der Waals surface area contributed by atoms with Crippen LogP contribution in [0, 0.1) is 0 Å². The van der Waals surface area contributed by atoms with E-state index in [-0.39, 0.29) is 24.2 Å². The molecule has 11 heteroatoms. The van der Waals surface area contributed by atoms with E-state index in [0.29, 0.717) is 22.7 Å². The van der Waals surface area contributed by atoms with E-state index < -0.39 is 17.7 Å². The van der Waals surface area contributed by atoms with Gasteiger partial charge in [-0.1, -0.05) is 24.1 Å². The average molecular weight is 528 g/mol. The largest absolute Gasteiger partial charge is 0.415 e. The molecule has 4 heterocycles. The van der Waals surface area contributed by atoms with Crippen LogP contribution in [0.15, 0.2) is 40.9 Å². The molecule has 2 amide bonds. The van der Waals surface area contributed by atoms with E-state index in [1.165, 1.54) is 11.1 Å². The number of fused-ring (bicyclic) bond motifs is 1. The summed E-state index contributed by atoms with van der Waals surface area (Å²) in [6, 6.07) is 9.16. The highest BCUT2D eigenvalue weighted by Crippen LogP contribution is 2.38. The van der Waals surface area contributed by atoms with E-state index in [1.54, 1.807) is 24.1 Å². The Morgan fingerprint density at radius 1 is 1.14 bits per heavy atom. The predicted molar refractivity (Wildman–Crippen MR) is 134 cm³/mol. The molecule has 2 aliphatic heterocycles. The van der Waals surface area contributed by atoms with Crippen LogP contribution in [0.4, 0.5) is 8.78 Å². The minimum Gasteiger partial charge on any atom is -0.415 e. The molecule has 0 spiro atoms. The zero-order chi connectivity index (χ0) is 26.3. The number of alkyl halides is 2. The van der Waals surface area contributed by atoms with Crippen molar-refractivity contribution in [1.29, 1.82) is 0 Å². The number of pyridine rings is 1. The van der Waals surface area contributed by atoms with Gasteiger partial charge in [-0.3, -0.25) is 23.8 Å². The molecule has 0 saturated carbocycles. The molecule has 8 nitrogen and oxygen atoms in total. The lowest BCUT2D eigenvalue weighted by Gasteiger charge is -2.38. The molecule has 0 aliphatic carbocycles. The number of piperidine rings is 1. The summed E-state index contributed by atoms with van der Waals surface area (Å²) < 4.78 is 32.8. The van der Waals surface area contributed by atoms with Crippen LogP contribution in [0.1, 0.15) is 72.1 Å². The van der Waals surface area contributed by atoms with Gasteiger partial charge in [0.25, 0.3) is 11.8 Å². The summed E-state index contributed by atoms with van der Waals surface area (Å²) in [7, 11) is 0. The Balaban J connectivity index is 1.38.